The number of amides is 1. The van der Waals surface area contributed by atoms with E-state index in [-0.39, 0.29) is 12.1 Å². The van der Waals surface area contributed by atoms with Gasteiger partial charge < -0.3 is 19.7 Å². The fourth-order valence-electron chi connectivity index (χ4n) is 3.31. The van der Waals surface area contributed by atoms with Gasteiger partial charge >= 0.3 is 12.1 Å². The Morgan fingerprint density at radius 3 is 2.38 bits per heavy atom. The van der Waals surface area contributed by atoms with Crippen LogP contribution in [-0.4, -0.2) is 53.2 Å². The number of hydrogen-bond donors (Lipinski definition) is 1. The molecule has 0 unspecified atom stereocenters. The molecule has 0 aliphatic heterocycles. The van der Waals surface area contributed by atoms with E-state index in [2.05, 4.69) is 15.3 Å². The number of carbonyl (C=O) groups excluding carboxylic acids is 2. The Labute approximate surface area is 199 Å². The van der Waals surface area contributed by atoms with Gasteiger partial charge in [0.05, 0.1) is 6.10 Å². The lowest BCUT2D eigenvalue weighted by Gasteiger charge is -2.21. The van der Waals surface area contributed by atoms with Crippen LogP contribution in [0.25, 0.3) is 11.1 Å². The van der Waals surface area contributed by atoms with Crippen LogP contribution in [0.3, 0.4) is 0 Å². The molecule has 3 aromatic rings. The Bertz CT molecular complexity index is 1130. The van der Waals surface area contributed by atoms with Crippen molar-refractivity contribution in [3.05, 3.63) is 72.2 Å². The number of aryl methyl sites for hydroxylation is 1. The van der Waals surface area contributed by atoms with Gasteiger partial charge in [0.2, 0.25) is 0 Å². The zero-order chi connectivity index (χ0) is 24.7. The molecule has 2 aromatic carbocycles. The number of hydrogen-bond acceptors (Lipinski definition) is 7. The Morgan fingerprint density at radius 1 is 1.03 bits per heavy atom. The Morgan fingerprint density at radius 2 is 1.74 bits per heavy atom. The second-order valence-corrected chi connectivity index (χ2v) is 8.39. The molecule has 34 heavy (non-hydrogen) atoms. The van der Waals surface area contributed by atoms with Crippen LogP contribution in [0.2, 0.25) is 0 Å². The summed E-state index contributed by atoms with van der Waals surface area (Å²) in [6, 6.07) is 14.3. The molecule has 1 aromatic heterocycles. The summed E-state index contributed by atoms with van der Waals surface area (Å²) in [6.07, 6.45) is 2.82. The first-order valence-electron chi connectivity index (χ1n) is 11.1. The standard InChI is InChI=1S/C26H30N4O4/c1-17(2)33-25(31)23(14-19-10-12-20(13-11-19)34-26(32)30(4)5)29-24-22(15-27-16-28-24)21-9-7-6-8-18(21)3/h6-13,15-17,23H,14H2,1-5H3,(H,27,28,29)/t23-/m0/s1. The summed E-state index contributed by atoms with van der Waals surface area (Å²) < 4.78 is 10.8. The average molecular weight is 463 g/mol. The van der Waals surface area contributed by atoms with Gasteiger partial charge in [-0.15, -0.1) is 0 Å². The van der Waals surface area contributed by atoms with E-state index in [0.717, 1.165) is 22.3 Å². The minimum Gasteiger partial charge on any atom is -0.461 e. The topological polar surface area (TPSA) is 93.7 Å². The van der Waals surface area contributed by atoms with Gasteiger partial charge in [0, 0.05) is 32.3 Å². The molecule has 0 saturated carbocycles. The van der Waals surface area contributed by atoms with Crippen molar-refractivity contribution >= 4 is 17.9 Å². The molecule has 8 heteroatoms. The summed E-state index contributed by atoms with van der Waals surface area (Å²) in [5, 5.41) is 3.27. The molecule has 8 nitrogen and oxygen atoms in total. The van der Waals surface area contributed by atoms with Crippen molar-refractivity contribution in [2.24, 2.45) is 0 Å². The van der Waals surface area contributed by atoms with Crippen LogP contribution in [0.5, 0.6) is 5.75 Å². The molecule has 0 aliphatic carbocycles. The van der Waals surface area contributed by atoms with E-state index in [0.29, 0.717) is 18.0 Å². The van der Waals surface area contributed by atoms with Crippen LogP contribution < -0.4 is 10.1 Å². The second kappa shape index (κ2) is 11.3. The molecular weight excluding hydrogens is 432 g/mol. The fourth-order valence-corrected chi connectivity index (χ4v) is 3.31. The van der Waals surface area contributed by atoms with E-state index < -0.39 is 12.1 Å². The molecule has 3 rings (SSSR count). The van der Waals surface area contributed by atoms with Crippen molar-refractivity contribution in [3.8, 4) is 16.9 Å². The first kappa shape index (κ1) is 24.7. The predicted octanol–water partition coefficient (Wildman–Crippen LogP) is 4.49. The van der Waals surface area contributed by atoms with Gasteiger partial charge in [0.1, 0.15) is 23.9 Å². The van der Waals surface area contributed by atoms with Crippen LogP contribution in [0.15, 0.2) is 61.1 Å². The Kier molecular flexibility index (Phi) is 8.19. The van der Waals surface area contributed by atoms with Gasteiger partial charge in [-0.05, 0) is 49.6 Å². The highest BCUT2D eigenvalue weighted by Crippen LogP contribution is 2.29. The molecule has 1 amide bonds. The third kappa shape index (κ3) is 6.54. The highest BCUT2D eigenvalue weighted by atomic mass is 16.6. The molecule has 0 spiro atoms. The Balaban J connectivity index is 1.85. The number of nitrogens with one attached hydrogen (secondary N) is 1. The SMILES string of the molecule is Cc1ccccc1-c1cncnc1N[C@@H](Cc1ccc(OC(=O)N(C)C)cc1)C(=O)OC(C)C. The molecule has 0 radical (unpaired) electrons. The molecule has 0 bridgehead atoms. The quantitative estimate of drug-likeness (QED) is 0.493. The van der Waals surface area contributed by atoms with Gasteiger partial charge in [-0.2, -0.15) is 0 Å². The zero-order valence-corrected chi connectivity index (χ0v) is 20.1. The third-order valence-corrected chi connectivity index (χ3v) is 5.03. The van der Waals surface area contributed by atoms with E-state index in [1.807, 2.05) is 57.2 Å². The summed E-state index contributed by atoms with van der Waals surface area (Å²) in [5.41, 5.74) is 3.72. The minimum absolute atomic E-state index is 0.258. The molecule has 1 heterocycles. The predicted molar refractivity (Wildman–Crippen MR) is 131 cm³/mol. The maximum absolute atomic E-state index is 13.0. The average Bonchev–Trinajstić information content (AvgIpc) is 2.80. The van der Waals surface area contributed by atoms with Gasteiger partial charge in [0.25, 0.3) is 0 Å². The van der Waals surface area contributed by atoms with Crippen molar-refractivity contribution in [2.45, 2.75) is 39.3 Å². The molecule has 0 fully saturated rings. The van der Waals surface area contributed by atoms with Crippen molar-refractivity contribution < 1.29 is 19.1 Å². The summed E-state index contributed by atoms with van der Waals surface area (Å²) in [5.74, 6) is 0.591. The van der Waals surface area contributed by atoms with Gasteiger partial charge in [-0.3, -0.25) is 0 Å². The molecule has 178 valence electrons. The van der Waals surface area contributed by atoms with E-state index in [4.69, 9.17) is 9.47 Å². The lowest BCUT2D eigenvalue weighted by Crippen LogP contribution is -2.35. The van der Waals surface area contributed by atoms with Gasteiger partial charge in [0.15, 0.2) is 0 Å². The zero-order valence-electron chi connectivity index (χ0n) is 20.1. The van der Waals surface area contributed by atoms with E-state index in [9.17, 15) is 9.59 Å². The monoisotopic (exact) mass is 462 g/mol. The van der Waals surface area contributed by atoms with Crippen molar-refractivity contribution in [1.29, 1.82) is 0 Å². The largest absolute Gasteiger partial charge is 0.461 e. The first-order valence-corrected chi connectivity index (χ1v) is 11.1. The highest BCUT2D eigenvalue weighted by Gasteiger charge is 2.24. The maximum Gasteiger partial charge on any atom is 0.414 e. The van der Waals surface area contributed by atoms with Crippen LogP contribution in [0.1, 0.15) is 25.0 Å². The number of benzene rings is 2. The number of carbonyl (C=O) groups is 2. The van der Waals surface area contributed by atoms with E-state index >= 15 is 0 Å². The smallest absolute Gasteiger partial charge is 0.414 e. The van der Waals surface area contributed by atoms with Crippen molar-refractivity contribution in [3.63, 3.8) is 0 Å². The summed E-state index contributed by atoms with van der Waals surface area (Å²) >= 11 is 0. The molecule has 1 atom stereocenters. The highest BCUT2D eigenvalue weighted by molar-refractivity contribution is 5.83. The second-order valence-electron chi connectivity index (χ2n) is 8.39. The maximum atomic E-state index is 13.0. The number of ether oxygens (including phenoxy) is 2. The Hall–Kier alpha value is -3.94. The van der Waals surface area contributed by atoms with Crippen LogP contribution in [-0.2, 0) is 16.0 Å². The number of esters is 1. The van der Waals surface area contributed by atoms with Crippen LogP contribution >= 0.6 is 0 Å². The summed E-state index contributed by atoms with van der Waals surface area (Å²) in [4.78, 5) is 34.7. The van der Waals surface area contributed by atoms with Gasteiger partial charge in [-0.1, -0.05) is 36.4 Å². The van der Waals surface area contributed by atoms with Gasteiger partial charge in [-0.25, -0.2) is 19.6 Å². The minimum atomic E-state index is -0.685. The number of anilines is 1. The summed E-state index contributed by atoms with van der Waals surface area (Å²) in [6.45, 7) is 5.64. The van der Waals surface area contributed by atoms with E-state index in [1.165, 1.54) is 11.2 Å². The van der Waals surface area contributed by atoms with Crippen molar-refractivity contribution in [2.75, 3.05) is 19.4 Å². The molecule has 1 N–H and O–H groups in total. The lowest BCUT2D eigenvalue weighted by atomic mass is 10.0. The normalized spacial score (nSPS) is 11.6. The van der Waals surface area contributed by atoms with Crippen LogP contribution in [0.4, 0.5) is 10.6 Å². The molecular formula is C26H30N4O4. The number of aromatic nitrogens is 2. The molecule has 0 saturated heterocycles. The third-order valence-electron chi connectivity index (χ3n) is 5.03. The van der Waals surface area contributed by atoms with E-state index in [1.54, 1.807) is 32.4 Å². The lowest BCUT2D eigenvalue weighted by molar-refractivity contribution is -0.148. The van der Waals surface area contributed by atoms with Crippen molar-refractivity contribution in [1.82, 2.24) is 14.9 Å². The number of rotatable bonds is 8. The number of nitrogens with zero attached hydrogens (tertiary/aromatic N) is 3. The van der Waals surface area contributed by atoms with Crippen LogP contribution in [0, 0.1) is 6.92 Å². The fraction of sp³-hybridized carbons (Fsp3) is 0.308. The molecule has 0 aliphatic rings. The summed E-state index contributed by atoms with van der Waals surface area (Å²) in [7, 11) is 3.23. The first-order chi connectivity index (χ1) is 16.2.